The topological polar surface area (TPSA) is 101 Å². The quantitative estimate of drug-likeness (QED) is 0.797. The molecular weight excluding hydrogens is 355 g/mol. The number of aliphatic hydroxyl groups is 1. The molecule has 1 amide bonds. The number of primary amides is 1. The fourth-order valence-electron chi connectivity index (χ4n) is 2.12. The first kappa shape index (κ1) is 15.4. The fourth-order valence-corrected chi connectivity index (χ4v) is 4.14. The van der Waals surface area contributed by atoms with Crippen LogP contribution in [0.15, 0.2) is 27.6 Å². The van der Waals surface area contributed by atoms with Crippen LogP contribution in [-0.4, -0.2) is 42.4 Å². The normalized spacial score (nSPS) is 23.9. The van der Waals surface area contributed by atoms with E-state index in [1.807, 2.05) is 0 Å². The number of benzene rings is 1. The van der Waals surface area contributed by atoms with Crippen LogP contribution in [-0.2, 0) is 14.8 Å². The van der Waals surface area contributed by atoms with Crippen molar-refractivity contribution in [3.05, 3.63) is 28.5 Å². The Morgan fingerprint density at radius 3 is 2.70 bits per heavy atom. The van der Waals surface area contributed by atoms with E-state index in [2.05, 4.69) is 15.9 Å². The van der Waals surface area contributed by atoms with Crippen LogP contribution in [0.25, 0.3) is 0 Å². The minimum Gasteiger partial charge on any atom is -0.392 e. The van der Waals surface area contributed by atoms with E-state index in [0.717, 1.165) is 16.4 Å². The molecule has 110 valence electrons. The molecule has 2 unspecified atom stereocenters. The number of amides is 1. The molecule has 0 bridgehead atoms. The van der Waals surface area contributed by atoms with Crippen molar-refractivity contribution in [3.8, 4) is 0 Å². The van der Waals surface area contributed by atoms with E-state index < -0.39 is 38.8 Å². The molecule has 1 aromatic carbocycles. The Kier molecular flexibility index (Phi) is 4.14. The minimum absolute atomic E-state index is 0.0906. The van der Waals surface area contributed by atoms with Gasteiger partial charge in [-0.1, -0.05) is 15.9 Å². The third-order valence-electron chi connectivity index (χ3n) is 3.04. The largest absolute Gasteiger partial charge is 0.392 e. The summed E-state index contributed by atoms with van der Waals surface area (Å²) in [5.41, 5.74) is 5.13. The third-order valence-corrected chi connectivity index (χ3v) is 5.44. The Labute approximate surface area is 123 Å². The number of rotatable bonds is 3. The minimum atomic E-state index is -4.24. The van der Waals surface area contributed by atoms with Crippen molar-refractivity contribution >= 4 is 31.9 Å². The number of β-amino-alcohol motifs (C(OH)–C–C–N with tert-alkyl or cyclic N) is 1. The Hall–Kier alpha value is -1.03. The maximum atomic E-state index is 13.8. The van der Waals surface area contributed by atoms with Crippen molar-refractivity contribution < 1.29 is 22.7 Å². The molecule has 0 spiro atoms. The van der Waals surface area contributed by atoms with E-state index in [9.17, 15) is 22.7 Å². The van der Waals surface area contributed by atoms with E-state index in [-0.39, 0.29) is 13.0 Å². The highest BCUT2D eigenvalue weighted by Gasteiger charge is 2.43. The van der Waals surface area contributed by atoms with Gasteiger partial charge in [-0.25, -0.2) is 12.8 Å². The first-order chi connectivity index (χ1) is 9.23. The van der Waals surface area contributed by atoms with Crippen LogP contribution < -0.4 is 5.73 Å². The number of carbonyl (C=O) groups is 1. The molecule has 20 heavy (non-hydrogen) atoms. The number of nitrogens with two attached hydrogens (primary N) is 1. The van der Waals surface area contributed by atoms with Gasteiger partial charge in [0.25, 0.3) is 0 Å². The summed E-state index contributed by atoms with van der Waals surface area (Å²) in [5.74, 6) is -1.81. The van der Waals surface area contributed by atoms with Gasteiger partial charge in [0, 0.05) is 17.4 Å². The summed E-state index contributed by atoms with van der Waals surface area (Å²) in [6, 6.07) is 2.32. The highest BCUT2D eigenvalue weighted by Crippen LogP contribution is 2.28. The number of hydrogen-bond acceptors (Lipinski definition) is 4. The monoisotopic (exact) mass is 366 g/mol. The average molecular weight is 367 g/mol. The molecule has 0 radical (unpaired) electrons. The van der Waals surface area contributed by atoms with E-state index >= 15 is 0 Å². The number of aliphatic hydroxyl groups excluding tert-OH is 1. The summed E-state index contributed by atoms with van der Waals surface area (Å²) in [6.07, 6.45) is -1.09. The van der Waals surface area contributed by atoms with Crippen LogP contribution in [0.3, 0.4) is 0 Å². The molecule has 9 heteroatoms. The van der Waals surface area contributed by atoms with Crippen LogP contribution >= 0.6 is 15.9 Å². The van der Waals surface area contributed by atoms with Crippen LogP contribution in [0.1, 0.15) is 6.42 Å². The Morgan fingerprint density at radius 2 is 2.15 bits per heavy atom. The summed E-state index contributed by atoms with van der Waals surface area (Å²) in [4.78, 5) is 10.7. The molecule has 1 saturated heterocycles. The van der Waals surface area contributed by atoms with Gasteiger partial charge in [0.05, 0.1) is 6.10 Å². The molecule has 1 aromatic rings. The van der Waals surface area contributed by atoms with Crippen molar-refractivity contribution in [2.75, 3.05) is 6.54 Å². The van der Waals surface area contributed by atoms with Gasteiger partial charge >= 0.3 is 0 Å². The second kappa shape index (κ2) is 5.40. The Bertz CT molecular complexity index is 652. The van der Waals surface area contributed by atoms with Gasteiger partial charge in [-0.2, -0.15) is 4.31 Å². The third kappa shape index (κ3) is 2.71. The predicted octanol–water partition coefficient (Wildman–Crippen LogP) is 0.197. The zero-order valence-electron chi connectivity index (χ0n) is 10.2. The molecule has 1 aliphatic heterocycles. The first-order valence-electron chi connectivity index (χ1n) is 5.67. The molecule has 0 saturated carbocycles. The summed E-state index contributed by atoms with van der Waals surface area (Å²) in [7, 11) is -4.24. The van der Waals surface area contributed by atoms with Gasteiger partial charge in [-0.05, 0) is 18.2 Å². The van der Waals surface area contributed by atoms with Crippen molar-refractivity contribution in [3.63, 3.8) is 0 Å². The molecule has 3 N–H and O–H groups in total. The number of hydrogen-bond donors (Lipinski definition) is 2. The number of halogens is 2. The van der Waals surface area contributed by atoms with Gasteiger partial charge in [-0.15, -0.1) is 0 Å². The van der Waals surface area contributed by atoms with Crippen LogP contribution in [0.2, 0.25) is 0 Å². The number of nitrogens with zero attached hydrogens (tertiary/aromatic N) is 1. The van der Waals surface area contributed by atoms with Crippen molar-refractivity contribution in [1.29, 1.82) is 0 Å². The lowest BCUT2D eigenvalue weighted by Crippen LogP contribution is -2.43. The number of carbonyl (C=O) groups excluding carboxylic acids is 1. The Balaban J connectivity index is 2.46. The zero-order chi connectivity index (χ0) is 15.1. The van der Waals surface area contributed by atoms with E-state index in [1.54, 1.807) is 0 Å². The molecular formula is C11H12BrFN2O4S. The summed E-state index contributed by atoms with van der Waals surface area (Å²) in [5, 5.41) is 9.53. The summed E-state index contributed by atoms with van der Waals surface area (Å²) >= 11 is 3.03. The van der Waals surface area contributed by atoms with E-state index in [1.165, 1.54) is 6.07 Å². The maximum absolute atomic E-state index is 13.8. The SMILES string of the molecule is NC(=O)C1CC(O)CN1S(=O)(=O)c1ccc(Br)cc1F. The van der Waals surface area contributed by atoms with E-state index in [0.29, 0.717) is 4.47 Å². The molecule has 2 atom stereocenters. The standard InChI is InChI=1S/C11H12BrFN2O4S/c12-6-1-2-10(8(13)3-6)20(18,19)15-5-7(16)4-9(15)11(14)17/h1-3,7,9,16H,4-5H2,(H2,14,17). The molecule has 1 heterocycles. The second-order valence-corrected chi connectivity index (χ2v) is 7.23. The van der Waals surface area contributed by atoms with Crippen LogP contribution in [0.4, 0.5) is 4.39 Å². The highest BCUT2D eigenvalue weighted by atomic mass is 79.9. The van der Waals surface area contributed by atoms with Crippen molar-refractivity contribution in [2.45, 2.75) is 23.5 Å². The molecule has 2 rings (SSSR count). The summed E-state index contributed by atoms with van der Waals surface area (Å²) in [6.45, 7) is -0.286. The number of sulfonamides is 1. The predicted molar refractivity (Wildman–Crippen MR) is 71.6 cm³/mol. The van der Waals surface area contributed by atoms with Gasteiger partial charge in [0.1, 0.15) is 16.8 Å². The molecule has 0 aromatic heterocycles. The lowest BCUT2D eigenvalue weighted by molar-refractivity contribution is -0.121. The lowest BCUT2D eigenvalue weighted by Gasteiger charge is -2.21. The van der Waals surface area contributed by atoms with Crippen LogP contribution in [0.5, 0.6) is 0 Å². The highest BCUT2D eigenvalue weighted by molar-refractivity contribution is 9.10. The summed E-state index contributed by atoms with van der Waals surface area (Å²) < 4.78 is 39.7. The van der Waals surface area contributed by atoms with E-state index in [4.69, 9.17) is 5.73 Å². The van der Waals surface area contributed by atoms with Gasteiger partial charge in [-0.3, -0.25) is 4.79 Å². The van der Waals surface area contributed by atoms with Gasteiger partial charge < -0.3 is 10.8 Å². The van der Waals surface area contributed by atoms with Gasteiger partial charge in [0.2, 0.25) is 15.9 Å². The Morgan fingerprint density at radius 1 is 1.50 bits per heavy atom. The molecule has 0 aliphatic carbocycles. The first-order valence-corrected chi connectivity index (χ1v) is 7.91. The zero-order valence-corrected chi connectivity index (χ0v) is 12.6. The van der Waals surface area contributed by atoms with Crippen molar-refractivity contribution in [2.24, 2.45) is 5.73 Å². The fraction of sp³-hybridized carbons (Fsp3) is 0.364. The maximum Gasteiger partial charge on any atom is 0.246 e. The molecule has 1 aliphatic rings. The van der Waals surface area contributed by atoms with Crippen LogP contribution in [0, 0.1) is 5.82 Å². The second-order valence-electron chi connectivity index (χ2n) is 4.46. The smallest absolute Gasteiger partial charge is 0.246 e. The molecule has 1 fully saturated rings. The molecule has 6 nitrogen and oxygen atoms in total. The van der Waals surface area contributed by atoms with Gasteiger partial charge in [0.15, 0.2) is 0 Å². The van der Waals surface area contributed by atoms with Crippen molar-refractivity contribution in [1.82, 2.24) is 4.31 Å². The lowest BCUT2D eigenvalue weighted by atomic mass is 10.2. The average Bonchev–Trinajstić information content (AvgIpc) is 2.71.